The number of anilines is 1. The van der Waals surface area contributed by atoms with Gasteiger partial charge in [-0.1, -0.05) is 66.7 Å². The summed E-state index contributed by atoms with van der Waals surface area (Å²) < 4.78 is 37.3. The maximum absolute atomic E-state index is 14.9. The molecule has 5 rings (SSSR count). The zero-order chi connectivity index (χ0) is 21.2. The Morgan fingerprint density at radius 3 is 1.94 bits per heavy atom. The van der Waals surface area contributed by atoms with Crippen molar-refractivity contribution < 1.29 is 13.5 Å². The molecule has 0 N–H and O–H groups in total. The first kappa shape index (κ1) is 20.2. The Labute approximate surface area is 185 Å². The standard InChI is InChI=1S/C25H22F2N2OS/c26-20-12-7-13-21(27)23(20)29-25(28-14-16-30-17-15-28)22(18-8-3-1-4-9-18)24(31-29)19-10-5-2-6-11-19/h1-13,25H,14-17H2. The fraction of sp³-hybridized carbons (Fsp3) is 0.200. The van der Waals surface area contributed by atoms with Gasteiger partial charge in [-0.25, -0.2) is 8.78 Å². The van der Waals surface area contributed by atoms with Crippen molar-refractivity contribution in [2.24, 2.45) is 0 Å². The number of para-hydroxylation sites is 1. The van der Waals surface area contributed by atoms with Gasteiger partial charge in [-0.3, -0.25) is 9.21 Å². The second-order valence-corrected chi connectivity index (χ2v) is 8.47. The van der Waals surface area contributed by atoms with Gasteiger partial charge in [0.05, 0.1) is 13.2 Å². The number of morpholine rings is 1. The number of rotatable bonds is 4. The monoisotopic (exact) mass is 436 g/mol. The molecule has 158 valence electrons. The van der Waals surface area contributed by atoms with Crippen LogP contribution in [0.15, 0.2) is 78.9 Å². The van der Waals surface area contributed by atoms with E-state index in [1.54, 1.807) is 4.31 Å². The molecule has 0 radical (unpaired) electrons. The molecule has 0 saturated carbocycles. The summed E-state index contributed by atoms with van der Waals surface area (Å²) >= 11 is 1.40. The second-order valence-electron chi connectivity index (χ2n) is 7.48. The van der Waals surface area contributed by atoms with E-state index >= 15 is 0 Å². The summed E-state index contributed by atoms with van der Waals surface area (Å²) in [5, 5.41) is 0. The third-order valence-electron chi connectivity index (χ3n) is 5.58. The minimum absolute atomic E-state index is 0.0108. The molecule has 3 aromatic carbocycles. The van der Waals surface area contributed by atoms with Crippen LogP contribution < -0.4 is 4.31 Å². The van der Waals surface area contributed by atoms with Crippen LogP contribution in [0.3, 0.4) is 0 Å². The molecule has 0 aromatic heterocycles. The molecule has 31 heavy (non-hydrogen) atoms. The minimum Gasteiger partial charge on any atom is -0.379 e. The third-order valence-corrected chi connectivity index (χ3v) is 6.80. The highest BCUT2D eigenvalue weighted by Gasteiger charge is 2.41. The summed E-state index contributed by atoms with van der Waals surface area (Å²) in [7, 11) is 0. The van der Waals surface area contributed by atoms with Crippen LogP contribution in [0.4, 0.5) is 14.5 Å². The van der Waals surface area contributed by atoms with E-state index in [9.17, 15) is 8.78 Å². The fourth-order valence-electron chi connectivity index (χ4n) is 4.15. The van der Waals surface area contributed by atoms with Gasteiger partial charge in [0.2, 0.25) is 0 Å². The van der Waals surface area contributed by atoms with E-state index in [1.807, 2.05) is 48.5 Å². The number of ether oxygens (including phenoxy) is 1. The van der Waals surface area contributed by atoms with Gasteiger partial charge in [-0.2, -0.15) is 0 Å². The Morgan fingerprint density at radius 1 is 0.742 bits per heavy atom. The van der Waals surface area contributed by atoms with E-state index in [2.05, 4.69) is 17.0 Å². The molecular weight excluding hydrogens is 414 g/mol. The molecular formula is C25H22F2N2OS. The largest absolute Gasteiger partial charge is 0.379 e. The van der Waals surface area contributed by atoms with Gasteiger partial charge in [0.25, 0.3) is 0 Å². The number of hydrogen-bond donors (Lipinski definition) is 0. The van der Waals surface area contributed by atoms with Crippen LogP contribution >= 0.6 is 11.9 Å². The van der Waals surface area contributed by atoms with Crippen molar-refractivity contribution >= 4 is 28.1 Å². The van der Waals surface area contributed by atoms with Gasteiger partial charge in [-0.05, 0) is 35.2 Å². The predicted molar refractivity (Wildman–Crippen MR) is 122 cm³/mol. The van der Waals surface area contributed by atoms with Gasteiger partial charge in [0.1, 0.15) is 23.5 Å². The number of halogens is 2. The van der Waals surface area contributed by atoms with Gasteiger partial charge in [-0.15, -0.1) is 0 Å². The summed E-state index contributed by atoms with van der Waals surface area (Å²) in [4.78, 5) is 3.26. The first-order chi connectivity index (χ1) is 15.2. The van der Waals surface area contributed by atoms with Crippen LogP contribution in [0.25, 0.3) is 10.5 Å². The van der Waals surface area contributed by atoms with E-state index in [4.69, 9.17) is 4.74 Å². The zero-order valence-corrected chi connectivity index (χ0v) is 17.7. The van der Waals surface area contributed by atoms with Gasteiger partial charge in [0.15, 0.2) is 0 Å². The first-order valence-corrected chi connectivity index (χ1v) is 11.1. The van der Waals surface area contributed by atoms with E-state index in [1.165, 1.54) is 30.1 Å². The molecule has 2 aliphatic rings. The Bertz CT molecular complexity index is 1060. The lowest BCUT2D eigenvalue weighted by molar-refractivity contribution is 0.0298. The molecule has 2 aliphatic heterocycles. The Kier molecular flexibility index (Phi) is 5.76. The van der Waals surface area contributed by atoms with Crippen LogP contribution in [0.5, 0.6) is 0 Å². The lowest BCUT2D eigenvalue weighted by Gasteiger charge is -2.39. The number of benzene rings is 3. The smallest absolute Gasteiger partial charge is 0.150 e. The lowest BCUT2D eigenvalue weighted by atomic mass is 9.98. The first-order valence-electron chi connectivity index (χ1n) is 10.3. The van der Waals surface area contributed by atoms with E-state index in [-0.39, 0.29) is 11.9 Å². The molecule has 3 aromatic rings. The molecule has 1 atom stereocenters. The maximum Gasteiger partial charge on any atom is 0.150 e. The van der Waals surface area contributed by atoms with Gasteiger partial charge >= 0.3 is 0 Å². The SMILES string of the molecule is Fc1cccc(F)c1N1SC(c2ccccc2)=C(c2ccccc2)C1N1CCOCC1. The highest BCUT2D eigenvalue weighted by molar-refractivity contribution is 8.10. The van der Waals surface area contributed by atoms with Crippen LogP contribution in [-0.4, -0.2) is 37.4 Å². The average molecular weight is 437 g/mol. The topological polar surface area (TPSA) is 15.7 Å². The Morgan fingerprint density at radius 2 is 1.32 bits per heavy atom. The highest BCUT2D eigenvalue weighted by Crippen LogP contribution is 2.52. The van der Waals surface area contributed by atoms with E-state index in [0.29, 0.717) is 26.3 Å². The van der Waals surface area contributed by atoms with Crippen LogP contribution in [-0.2, 0) is 4.74 Å². The predicted octanol–water partition coefficient (Wildman–Crippen LogP) is 5.66. The van der Waals surface area contributed by atoms with Crippen molar-refractivity contribution in [1.82, 2.24) is 4.90 Å². The van der Waals surface area contributed by atoms with Crippen molar-refractivity contribution in [3.63, 3.8) is 0 Å². The van der Waals surface area contributed by atoms with Crippen molar-refractivity contribution in [3.8, 4) is 0 Å². The maximum atomic E-state index is 14.9. The summed E-state index contributed by atoms with van der Waals surface area (Å²) in [5.74, 6) is -1.13. The van der Waals surface area contributed by atoms with Crippen molar-refractivity contribution in [1.29, 1.82) is 0 Å². The normalized spacial score (nSPS) is 19.8. The molecule has 3 nitrogen and oxygen atoms in total. The van der Waals surface area contributed by atoms with Gasteiger partial charge < -0.3 is 4.74 Å². The molecule has 0 aliphatic carbocycles. The molecule has 1 unspecified atom stereocenters. The third kappa shape index (κ3) is 3.87. The molecule has 1 saturated heterocycles. The Balaban J connectivity index is 1.71. The van der Waals surface area contributed by atoms with E-state index < -0.39 is 11.6 Å². The molecule has 6 heteroatoms. The molecule has 2 heterocycles. The molecule has 0 bridgehead atoms. The summed E-state index contributed by atoms with van der Waals surface area (Å²) in [6, 6.07) is 24.2. The average Bonchev–Trinajstić information content (AvgIpc) is 3.21. The van der Waals surface area contributed by atoms with Crippen LogP contribution in [0.2, 0.25) is 0 Å². The van der Waals surface area contributed by atoms with Crippen LogP contribution in [0.1, 0.15) is 11.1 Å². The molecule has 0 spiro atoms. The summed E-state index contributed by atoms with van der Waals surface area (Å²) in [6.07, 6.45) is -0.321. The van der Waals surface area contributed by atoms with E-state index in [0.717, 1.165) is 21.6 Å². The van der Waals surface area contributed by atoms with Crippen molar-refractivity contribution in [2.45, 2.75) is 6.17 Å². The quantitative estimate of drug-likeness (QED) is 0.490. The Hall–Kier alpha value is -2.67. The molecule has 0 amide bonds. The number of nitrogens with zero attached hydrogens (tertiary/aromatic N) is 2. The van der Waals surface area contributed by atoms with Crippen molar-refractivity contribution in [3.05, 3.63) is 102 Å². The van der Waals surface area contributed by atoms with Gasteiger partial charge in [0, 0.05) is 23.6 Å². The summed E-state index contributed by atoms with van der Waals surface area (Å²) in [5.41, 5.74) is 3.12. The fourth-order valence-corrected chi connectivity index (χ4v) is 5.51. The highest BCUT2D eigenvalue weighted by atomic mass is 32.2. The van der Waals surface area contributed by atoms with Crippen molar-refractivity contribution in [2.75, 3.05) is 30.6 Å². The van der Waals surface area contributed by atoms with Crippen LogP contribution in [0, 0.1) is 11.6 Å². The summed E-state index contributed by atoms with van der Waals surface area (Å²) in [6.45, 7) is 2.57. The zero-order valence-electron chi connectivity index (χ0n) is 16.9. The lowest BCUT2D eigenvalue weighted by Crippen LogP contribution is -2.49. The second kappa shape index (κ2) is 8.83. The number of hydrogen-bond acceptors (Lipinski definition) is 4. The minimum atomic E-state index is -0.563. The molecule has 1 fully saturated rings.